The van der Waals surface area contributed by atoms with Crippen molar-refractivity contribution < 1.29 is 0 Å². The van der Waals surface area contributed by atoms with Crippen LogP contribution in [0.4, 0.5) is 0 Å². The average Bonchev–Trinajstić information content (AvgIpc) is 3.10. The Balaban J connectivity index is 1.97. The Morgan fingerprint density at radius 1 is 1.15 bits per heavy atom. The number of hydrogen-bond acceptors (Lipinski definition) is 5. The summed E-state index contributed by atoms with van der Waals surface area (Å²) < 4.78 is 2.06. The van der Waals surface area contributed by atoms with Crippen molar-refractivity contribution in [3.05, 3.63) is 70.5 Å². The SMILES string of the molecule is C[C@H](c1nnc(SCc2ccccc2C#N)n1-c1ccc(Cl)cc1)N(C)C. The van der Waals surface area contributed by atoms with Crippen molar-refractivity contribution in [3.8, 4) is 11.8 Å². The van der Waals surface area contributed by atoms with E-state index in [-0.39, 0.29) is 6.04 Å². The normalized spacial score (nSPS) is 12.1. The van der Waals surface area contributed by atoms with Crippen molar-refractivity contribution in [3.63, 3.8) is 0 Å². The Labute approximate surface area is 168 Å². The Kier molecular flexibility index (Phi) is 6.17. The van der Waals surface area contributed by atoms with Crippen molar-refractivity contribution in [2.75, 3.05) is 14.1 Å². The number of hydrogen-bond donors (Lipinski definition) is 0. The summed E-state index contributed by atoms with van der Waals surface area (Å²) in [7, 11) is 4.03. The maximum atomic E-state index is 9.30. The van der Waals surface area contributed by atoms with Gasteiger partial charge < -0.3 is 0 Å². The summed E-state index contributed by atoms with van der Waals surface area (Å²) in [6.45, 7) is 2.09. The van der Waals surface area contributed by atoms with Gasteiger partial charge in [0.1, 0.15) is 0 Å². The van der Waals surface area contributed by atoms with Gasteiger partial charge in [-0.15, -0.1) is 10.2 Å². The molecular weight excluding hydrogens is 378 g/mol. The fourth-order valence-corrected chi connectivity index (χ4v) is 3.70. The lowest BCUT2D eigenvalue weighted by atomic mass is 10.1. The zero-order valence-corrected chi connectivity index (χ0v) is 17.0. The Morgan fingerprint density at radius 2 is 1.85 bits per heavy atom. The molecule has 5 nitrogen and oxygen atoms in total. The van der Waals surface area contributed by atoms with Gasteiger partial charge in [0.15, 0.2) is 11.0 Å². The number of nitriles is 1. The molecule has 3 aromatic rings. The lowest BCUT2D eigenvalue weighted by molar-refractivity contribution is 0.305. The molecular formula is C20H20ClN5S. The molecule has 1 atom stereocenters. The predicted octanol–water partition coefficient (Wildman–Crippen LogP) is 4.71. The first-order chi connectivity index (χ1) is 13.0. The van der Waals surface area contributed by atoms with Crippen LogP contribution in [-0.4, -0.2) is 33.8 Å². The molecule has 138 valence electrons. The Bertz CT molecular complexity index is 959. The molecule has 2 aromatic carbocycles. The van der Waals surface area contributed by atoms with Crippen LogP contribution in [0.1, 0.15) is 29.9 Å². The Hall–Kier alpha value is -2.33. The second-order valence-corrected chi connectivity index (χ2v) is 7.73. The van der Waals surface area contributed by atoms with Crippen LogP contribution < -0.4 is 0 Å². The van der Waals surface area contributed by atoms with E-state index in [0.717, 1.165) is 22.2 Å². The monoisotopic (exact) mass is 397 g/mol. The molecule has 0 aliphatic heterocycles. The maximum absolute atomic E-state index is 9.30. The number of nitrogens with zero attached hydrogens (tertiary/aromatic N) is 5. The van der Waals surface area contributed by atoms with E-state index < -0.39 is 0 Å². The van der Waals surface area contributed by atoms with Gasteiger partial charge in [-0.25, -0.2) is 0 Å². The largest absolute Gasteiger partial charge is 0.300 e. The van der Waals surface area contributed by atoms with Gasteiger partial charge in [-0.2, -0.15) is 5.26 Å². The van der Waals surface area contributed by atoms with Gasteiger partial charge >= 0.3 is 0 Å². The summed E-state index contributed by atoms with van der Waals surface area (Å²) in [4.78, 5) is 2.09. The van der Waals surface area contributed by atoms with E-state index in [1.807, 2.05) is 62.6 Å². The molecule has 3 rings (SSSR count). The number of halogens is 1. The lowest BCUT2D eigenvalue weighted by Crippen LogP contribution is -2.20. The van der Waals surface area contributed by atoms with Crippen molar-refractivity contribution >= 4 is 23.4 Å². The fraction of sp³-hybridized carbons (Fsp3) is 0.250. The summed E-state index contributed by atoms with van der Waals surface area (Å²) >= 11 is 7.62. The van der Waals surface area contributed by atoms with Crippen LogP contribution in [0.5, 0.6) is 0 Å². The first kappa shape index (κ1) is 19.4. The quantitative estimate of drug-likeness (QED) is 0.564. The average molecular weight is 398 g/mol. The van der Waals surface area contributed by atoms with E-state index >= 15 is 0 Å². The third-order valence-electron chi connectivity index (χ3n) is 4.39. The summed E-state index contributed by atoms with van der Waals surface area (Å²) in [6, 6.07) is 17.6. The number of benzene rings is 2. The topological polar surface area (TPSA) is 57.7 Å². The molecule has 1 heterocycles. The predicted molar refractivity (Wildman–Crippen MR) is 109 cm³/mol. The molecule has 0 N–H and O–H groups in total. The van der Waals surface area contributed by atoms with Gasteiger partial charge in [0, 0.05) is 16.5 Å². The summed E-state index contributed by atoms with van der Waals surface area (Å²) in [5.41, 5.74) is 2.63. The highest BCUT2D eigenvalue weighted by atomic mass is 35.5. The van der Waals surface area contributed by atoms with E-state index in [4.69, 9.17) is 11.6 Å². The molecule has 0 bridgehead atoms. The van der Waals surface area contributed by atoms with Crippen LogP contribution in [-0.2, 0) is 5.75 Å². The van der Waals surface area contributed by atoms with Gasteiger partial charge in [-0.05, 0) is 56.9 Å². The van der Waals surface area contributed by atoms with Crippen LogP contribution in [0.3, 0.4) is 0 Å². The lowest BCUT2D eigenvalue weighted by Gasteiger charge is -2.20. The van der Waals surface area contributed by atoms with E-state index in [1.54, 1.807) is 11.8 Å². The van der Waals surface area contributed by atoms with Crippen molar-refractivity contribution in [2.45, 2.75) is 23.9 Å². The summed E-state index contributed by atoms with van der Waals surface area (Å²) in [6.07, 6.45) is 0. The molecule has 0 saturated carbocycles. The van der Waals surface area contributed by atoms with E-state index in [0.29, 0.717) is 16.3 Å². The fourth-order valence-electron chi connectivity index (χ4n) is 2.61. The number of aromatic nitrogens is 3. The minimum absolute atomic E-state index is 0.0916. The first-order valence-corrected chi connectivity index (χ1v) is 9.86. The third kappa shape index (κ3) is 4.33. The van der Waals surface area contributed by atoms with E-state index in [9.17, 15) is 5.26 Å². The second kappa shape index (κ2) is 8.57. The molecule has 0 saturated heterocycles. The standard InChI is InChI=1S/C20H20ClN5S/c1-14(25(2)3)19-23-24-20(26(19)18-10-8-17(21)9-11-18)27-13-16-7-5-4-6-15(16)12-22/h4-11,14H,13H2,1-3H3/t14-/m1/s1. The zero-order valence-electron chi connectivity index (χ0n) is 15.4. The molecule has 0 radical (unpaired) electrons. The second-order valence-electron chi connectivity index (χ2n) is 6.35. The van der Waals surface area contributed by atoms with Gasteiger partial charge in [0.2, 0.25) is 0 Å². The molecule has 0 fully saturated rings. The maximum Gasteiger partial charge on any atom is 0.196 e. The highest BCUT2D eigenvalue weighted by Gasteiger charge is 2.21. The van der Waals surface area contributed by atoms with Crippen molar-refractivity contribution in [1.29, 1.82) is 5.26 Å². The van der Waals surface area contributed by atoms with Gasteiger partial charge in [-0.1, -0.05) is 41.6 Å². The molecule has 0 spiro atoms. The molecule has 7 heteroatoms. The van der Waals surface area contributed by atoms with Crippen LogP contribution in [0, 0.1) is 11.3 Å². The molecule has 0 aliphatic carbocycles. The number of thioether (sulfide) groups is 1. The van der Waals surface area contributed by atoms with Crippen molar-refractivity contribution in [2.24, 2.45) is 0 Å². The molecule has 0 amide bonds. The van der Waals surface area contributed by atoms with E-state index in [2.05, 4.69) is 32.7 Å². The van der Waals surface area contributed by atoms with Crippen LogP contribution in [0.25, 0.3) is 5.69 Å². The summed E-state index contributed by atoms with van der Waals surface area (Å²) in [5, 5.41) is 19.6. The van der Waals surface area contributed by atoms with Gasteiger partial charge in [-0.3, -0.25) is 9.47 Å². The van der Waals surface area contributed by atoms with Crippen LogP contribution in [0.2, 0.25) is 5.02 Å². The highest BCUT2D eigenvalue weighted by molar-refractivity contribution is 7.98. The van der Waals surface area contributed by atoms with Crippen LogP contribution >= 0.6 is 23.4 Å². The third-order valence-corrected chi connectivity index (χ3v) is 5.62. The number of rotatable bonds is 6. The minimum Gasteiger partial charge on any atom is -0.300 e. The molecule has 0 aliphatic rings. The smallest absolute Gasteiger partial charge is 0.196 e. The summed E-state index contributed by atoms with van der Waals surface area (Å²) in [5.74, 6) is 1.50. The van der Waals surface area contributed by atoms with Crippen LogP contribution in [0.15, 0.2) is 53.7 Å². The van der Waals surface area contributed by atoms with Gasteiger partial charge in [0.25, 0.3) is 0 Å². The zero-order chi connectivity index (χ0) is 19.4. The minimum atomic E-state index is 0.0916. The molecule has 1 aromatic heterocycles. The molecule has 27 heavy (non-hydrogen) atoms. The first-order valence-electron chi connectivity index (χ1n) is 8.49. The highest BCUT2D eigenvalue weighted by Crippen LogP contribution is 2.29. The van der Waals surface area contributed by atoms with Crippen molar-refractivity contribution in [1.82, 2.24) is 19.7 Å². The molecule has 0 unspecified atom stereocenters. The van der Waals surface area contributed by atoms with E-state index in [1.165, 1.54) is 0 Å². The Morgan fingerprint density at radius 3 is 2.52 bits per heavy atom. The van der Waals surface area contributed by atoms with Gasteiger partial charge in [0.05, 0.1) is 17.7 Å².